The second-order valence-corrected chi connectivity index (χ2v) is 10.3. The van der Waals surface area contributed by atoms with Crippen LogP contribution < -0.4 is 0 Å². The molecule has 4 aromatic carbocycles. The van der Waals surface area contributed by atoms with E-state index in [1.807, 2.05) is 0 Å². The monoisotopic (exact) mass is 662 g/mol. The lowest BCUT2D eigenvalue weighted by Crippen LogP contribution is -2.47. The highest BCUT2D eigenvalue weighted by Crippen LogP contribution is 2.31. The molecule has 246 valence electrons. The Bertz CT molecular complexity index is 1780. The standard InChI is InChI=1S/C35H25F3O10/c36-35(37,38)25-18-10-17-24(19-25)33(42)48-29-28(47-32(41)23-15-8-3-9-16-23)27(46-34(29)43)26(45-31(40)22-13-6-2-7-14-22)20-44-30(39)21-11-4-1-5-12-21/h1-19,26-29H,20H2/t26-,27+,28+,29-/m1/s1. The van der Waals surface area contributed by atoms with Crippen LogP contribution in [0.4, 0.5) is 13.2 Å². The zero-order chi connectivity index (χ0) is 34.3. The summed E-state index contributed by atoms with van der Waals surface area (Å²) in [5.74, 6) is -5.38. The molecule has 0 aliphatic carbocycles. The number of alkyl halides is 3. The number of ether oxygens (including phenoxy) is 5. The Hall–Kier alpha value is -5.98. The van der Waals surface area contributed by atoms with E-state index in [4.69, 9.17) is 23.7 Å². The summed E-state index contributed by atoms with van der Waals surface area (Å²) < 4.78 is 67.2. The molecule has 0 radical (unpaired) electrons. The quantitative estimate of drug-likeness (QED) is 0.159. The average molecular weight is 663 g/mol. The molecule has 0 spiro atoms. The van der Waals surface area contributed by atoms with E-state index in [1.54, 1.807) is 42.5 Å². The summed E-state index contributed by atoms with van der Waals surface area (Å²) in [7, 11) is 0. The van der Waals surface area contributed by atoms with Crippen molar-refractivity contribution >= 4 is 29.8 Å². The Balaban J connectivity index is 1.46. The van der Waals surface area contributed by atoms with Gasteiger partial charge >= 0.3 is 36.0 Å². The first-order chi connectivity index (χ1) is 23.0. The van der Waals surface area contributed by atoms with E-state index >= 15 is 0 Å². The molecular weight excluding hydrogens is 637 g/mol. The number of rotatable bonds is 10. The zero-order valence-corrected chi connectivity index (χ0v) is 24.7. The first-order valence-electron chi connectivity index (χ1n) is 14.3. The van der Waals surface area contributed by atoms with Gasteiger partial charge in [0.05, 0.1) is 27.8 Å². The van der Waals surface area contributed by atoms with E-state index in [1.165, 1.54) is 48.5 Å². The van der Waals surface area contributed by atoms with Gasteiger partial charge in [0.1, 0.15) is 6.61 Å². The molecule has 13 heteroatoms. The molecule has 10 nitrogen and oxygen atoms in total. The Morgan fingerprint density at radius 3 is 1.71 bits per heavy atom. The molecule has 48 heavy (non-hydrogen) atoms. The van der Waals surface area contributed by atoms with Gasteiger partial charge in [-0.25, -0.2) is 24.0 Å². The largest absolute Gasteiger partial charge is 0.458 e. The van der Waals surface area contributed by atoms with Crippen LogP contribution in [0.3, 0.4) is 0 Å². The summed E-state index contributed by atoms with van der Waals surface area (Å²) in [6.07, 6.45) is -12.0. The Morgan fingerprint density at radius 2 is 1.15 bits per heavy atom. The summed E-state index contributed by atoms with van der Waals surface area (Å²) >= 11 is 0. The van der Waals surface area contributed by atoms with Gasteiger partial charge in [0.15, 0.2) is 18.3 Å². The van der Waals surface area contributed by atoms with Crippen molar-refractivity contribution in [2.75, 3.05) is 6.61 Å². The Kier molecular flexibility index (Phi) is 10.2. The minimum Gasteiger partial charge on any atom is -0.458 e. The van der Waals surface area contributed by atoms with E-state index in [2.05, 4.69) is 0 Å². The lowest BCUT2D eigenvalue weighted by atomic mass is 10.0. The van der Waals surface area contributed by atoms with Gasteiger partial charge in [0, 0.05) is 0 Å². The number of benzene rings is 4. The van der Waals surface area contributed by atoms with Gasteiger partial charge in [-0.3, -0.25) is 0 Å². The summed E-state index contributed by atoms with van der Waals surface area (Å²) in [4.78, 5) is 65.3. The molecule has 1 heterocycles. The molecule has 1 aliphatic heterocycles. The number of hydrogen-bond donors (Lipinski definition) is 0. The van der Waals surface area contributed by atoms with Crippen LogP contribution in [-0.4, -0.2) is 60.9 Å². The molecule has 4 atom stereocenters. The first-order valence-corrected chi connectivity index (χ1v) is 14.3. The van der Waals surface area contributed by atoms with Gasteiger partial charge in [0.25, 0.3) is 0 Å². The van der Waals surface area contributed by atoms with Gasteiger partial charge in [-0.15, -0.1) is 0 Å². The highest BCUT2D eigenvalue weighted by molar-refractivity contribution is 5.94. The topological polar surface area (TPSA) is 132 Å². The summed E-state index contributed by atoms with van der Waals surface area (Å²) in [5.41, 5.74) is -1.46. The van der Waals surface area contributed by atoms with Crippen molar-refractivity contribution in [1.29, 1.82) is 0 Å². The molecule has 0 unspecified atom stereocenters. The van der Waals surface area contributed by atoms with Crippen molar-refractivity contribution in [2.24, 2.45) is 0 Å². The predicted octanol–water partition coefficient (Wildman–Crippen LogP) is 5.46. The van der Waals surface area contributed by atoms with Crippen LogP contribution >= 0.6 is 0 Å². The van der Waals surface area contributed by atoms with Crippen molar-refractivity contribution in [3.05, 3.63) is 143 Å². The molecule has 0 saturated carbocycles. The highest BCUT2D eigenvalue weighted by atomic mass is 19.4. The van der Waals surface area contributed by atoms with E-state index < -0.39 is 78.2 Å². The van der Waals surface area contributed by atoms with E-state index in [-0.39, 0.29) is 16.7 Å². The number of halogens is 3. The third-order valence-electron chi connectivity index (χ3n) is 7.04. The molecule has 4 aromatic rings. The Morgan fingerprint density at radius 1 is 0.646 bits per heavy atom. The molecule has 1 aliphatic rings. The van der Waals surface area contributed by atoms with Gasteiger partial charge in [-0.1, -0.05) is 60.7 Å². The molecule has 0 N–H and O–H groups in total. The number of esters is 5. The van der Waals surface area contributed by atoms with Crippen LogP contribution in [0.2, 0.25) is 0 Å². The maximum Gasteiger partial charge on any atom is 0.416 e. The summed E-state index contributed by atoms with van der Waals surface area (Å²) in [5, 5.41) is 0. The fraction of sp³-hybridized carbons (Fsp3) is 0.171. The number of carbonyl (C=O) groups excluding carboxylic acids is 5. The van der Waals surface area contributed by atoms with Gasteiger partial charge in [-0.2, -0.15) is 13.2 Å². The summed E-state index contributed by atoms with van der Waals surface area (Å²) in [6.45, 7) is -0.710. The second kappa shape index (κ2) is 14.6. The average Bonchev–Trinajstić information content (AvgIpc) is 3.40. The SMILES string of the molecule is O=C(OC[C@@H](OC(=O)c1ccccc1)[C@@H]1OC(=O)[C@H](OC(=O)c2cccc(C(F)(F)F)c2)[C@H]1OC(=O)c1ccccc1)c1ccccc1. The van der Waals surface area contributed by atoms with Crippen LogP contribution in [0.15, 0.2) is 115 Å². The smallest absolute Gasteiger partial charge is 0.416 e. The molecule has 1 fully saturated rings. The Labute approximate surface area is 270 Å². The number of cyclic esters (lactones) is 1. The van der Waals surface area contributed by atoms with Crippen molar-refractivity contribution in [3.63, 3.8) is 0 Å². The van der Waals surface area contributed by atoms with Crippen molar-refractivity contribution in [1.82, 2.24) is 0 Å². The molecule has 5 rings (SSSR count). The fourth-order valence-corrected chi connectivity index (χ4v) is 4.67. The van der Waals surface area contributed by atoms with Crippen molar-refractivity contribution in [3.8, 4) is 0 Å². The van der Waals surface area contributed by atoms with Crippen LogP contribution in [0.25, 0.3) is 0 Å². The minimum absolute atomic E-state index is 0.0203. The lowest BCUT2D eigenvalue weighted by Gasteiger charge is -2.27. The molecule has 0 amide bonds. The molecular formula is C35H25F3O10. The van der Waals surface area contributed by atoms with Gasteiger partial charge in [0.2, 0.25) is 6.10 Å². The van der Waals surface area contributed by atoms with Crippen LogP contribution in [0.1, 0.15) is 47.0 Å². The molecule has 0 bridgehead atoms. The normalized spacial score (nSPS) is 17.8. The maximum absolute atomic E-state index is 13.3. The number of carbonyl (C=O) groups is 5. The zero-order valence-electron chi connectivity index (χ0n) is 24.7. The molecule has 1 saturated heterocycles. The van der Waals surface area contributed by atoms with Crippen LogP contribution in [-0.2, 0) is 34.7 Å². The van der Waals surface area contributed by atoms with E-state index in [0.29, 0.717) is 6.07 Å². The third kappa shape index (κ3) is 8.05. The first kappa shape index (κ1) is 33.4. The van der Waals surface area contributed by atoms with E-state index in [9.17, 15) is 37.1 Å². The van der Waals surface area contributed by atoms with Gasteiger partial charge < -0.3 is 23.7 Å². The van der Waals surface area contributed by atoms with Crippen molar-refractivity contribution < 1.29 is 60.8 Å². The minimum atomic E-state index is -4.78. The van der Waals surface area contributed by atoms with E-state index in [0.717, 1.165) is 18.2 Å². The summed E-state index contributed by atoms with van der Waals surface area (Å²) in [6, 6.07) is 26.2. The third-order valence-corrected chi connectivity index (χ3v) is 7.04. The van der Waals surface area contributed by atoms with Crippen LogP contribution in [0, 0.1) is 0 Å². The molecule has 0 aromatic heterocycles. The fourth-order valence-electron chi connectivity index (χ4n) is 4.67. The van der Waals surface area contributed by atoms with Crippen molar-refractivity contribution in [2.45, 2.75) is 30.6 Å². The maximum atomic E-state index is 13.3. The predicted molar refractivity (Wildman–Crippen MR) is 159 cm³/mol. The second-order valence-electron chi connectivity index (χ2n) is 10.3. The number of hydrogen-bond acceptors (Lipinski definition) is 10. The highest BCUT2D eigenvalue weighted by Gasteiger charge is 2.55. The van der Waals surface area contributed by atoms with Crippen LogP contribution in [0.5, 0.6) is 0 Å². The van der Waals surface area contributed by atoms with Gasteiger partial charge in [-0.05, 0) is 54.6 Å². The lowest BCUT2D eigenvalue weighted by molar-refractivity contribution is -0.152.